The Morgan fingerprint density at radius 1 is 1.12 bits per heavy atom. The van der Waals surface area contributed by atoms with E-state index in [9.17, 15) is 4.39 Å². The molecule has 0 aliphatic rings. The third-order valence-electron chi connectivity index (χ3n) is 2.52. The fraction of sp³-hybridized carbons (Fsp3) is 0. The molecular weight excluding hydrogens is 217 g/mol. The zero-order valence-electron chi connectivity index (χ0n) is 8.97. The molecule has 1 aromatic carbocycles. The van der Waals surface area contributed by atoms with Crippen LogP contribution in [0.3, 0.4) is 0 Å². The minimum absolute atomic E-state index is 0.268. The highest BCUT2D eigenvalue weighted by atomic mass is 19.1. The van der Waals surface area contributed by atoms with E-state index in [1.165, 1.54) is 12.1 Å². The molecule has 0 atom stereocenters. The molecule has 0 bridgehead atoms. The number of benzene rings is 1. The number of imidazole rings is 1. The fourth-order valence-electron chi connectivity index (χ4n) is 1.73. The Balaban J connectivity index is 2.00. The maximum absolute atomic E-state index is 13.0. The van der Waals surface area contributed by atoms with Crippen LogP contribution in [0.5, 0.6) is 0 Å². The van der Waals surface area contributed by atoms with Crippen molar-refractivity contribution in [2.24, 2.45) is 0 Å². The van der Waals surface area contributed by atoms with Gasteiger partial charge in [-0.25, -0.2) is 9.37 Å². The molecule has 3 aromatic rings. The van der Waals surface area contributed by atoms with Gasteiger partial charge in [-0.05, 0) is 30.3 Å². The standard InChI is InChI=1S/C13H10FN3/c14-10-4-3-5-11(8-10)16-13-15-9-12-6-1-2-7-17(12)13/h1-9H,(H,15,16). The lowest BCUT2D eigenvalue weighted by atomic mass is 10.3. The normalized spacial score (nSPS) is 10.6. The number of anilines is 2. The van der Waals surface area contributed by atoms with Crippen LogP contribution in [0.2, 0.25) is 0 Å². The van der Waals surface area contributed by atoms with E-state index in [2.05, 4.69) is 10.3 Å². The first-order valence-corrected chi connectivity index (χ1v) is 5.27. The maximum atomic E-state index is 13.0. The van der Waals surface area contributed by atoms with E-state index in [0.29, 0.717) is 11.6 Å². The summed E-state index contributed by atoms with van der Waals surface area (Å²) in [6.45, 7) is 0. The second-order valence-corrected chi connectivity index (χ2v) is 3.71. The number of nitrogens with one attached hydrogen (secondary N) is 1. The number of hydrogen-bond acceptors (Lipinski definition) is 2. The van der Waals surface area contributed by atoms with Gasteiger partial charge in [-0.1, -0.05) is 12.1 Å². The molecule has 2 aromatic heterocycles. The molecule has 0 amide bonds. The lowest BCUT2D eigenvalue weighted by Gasteiger charge is -2.04. The molecule has 0 spiro atoms. The van der Waals surface area contributed by atoms with E-state index in [4.69, 9.17) is 0 Å². The van der Waals surface area contributed by atoms with E-state index in [1.54, 1.807) is 18.3 Å². The Kier molecular flexibility index (Phi) is 2.26. The first-order chi connectivity index (χ1) is 8.33. The smallest absolute Gasteiger partial charge is 0.212 e. The van der Waals surface area contributed by atoms with Gasteiger partial charge in [0.15, 0.2) is 0 Å². The maximum Gasteiger partial charge on any atom is 0.212 e. The lowest BCUT2D eigenvalue weighted by Crippen LogP contribution is -1.96. The highest BCUT2D eigenvalue weighted by Crippen LogP contribution is 2.17. The molecule has 4 heteroatoms. The van der Waals surface area contributed by atoms with Crippen molar-refractivity contribution in [2.45, 2.75) is 0 Å². The molecule has 0 radical (unpaired) electrons. The number of fused-ring (bicyclic) bond motifs is 1. The average Bonchev–Trinajstić information content (AvgIpc) is 2.73. The Hall–Kier alpha value is -2.36. The van der Waals surface area contributed by atoms with Crippen molar-refractivity contribution in [3.8, 4) is 0 Å². The SMILES string of the molecule is Fc1cccc(Nc2ncc3ccccn23)c1. The topological polar surface area (TPSA) is 29.3 Å². The highest BCUT2D eigenvalue weighted by Gasteiger charge is 2.02. The van der Waals surface area contributed by atoms with Gasteiger partial charge in [0.2, 0.25) is 5.95 Å². The number of nitrogens with zero attached hydrogens (tertiary/aromatic N) is 2. The summed E-state index contributed by atoms with van der Waals surface area (Å²) in [5.41, 5.74) is 1.67. The quantitative estimate of drug-likeness (QED) is 0.728. The van der Waals surface area contributed by atoms with Gasteiger partial charge < -0.3 is 5.32 Å². The molecule has 3 rings (SSSR count). The van der Waals surface area contributed by atoms with E-state index in [0.717, 1.165) is 5.52 Å². The van der Waals surface area contributed by atoms with Crippen molar-refractivity contribution < 1.29 is 4.39 Å². The van der Waals surface area contributed by atoms with Crippen LogP contribution in [0.25, 0.3) is 5.52 Å². The average molecular weight is 227 g/mol. The van der Waals surface area contributed by atoms with E-state index >= 15 is 0 Å². The summed E-state index contributed by atoms with van der Waals surface area (Å²) < 4.78 is 15.0. The third-order valence-corrected chi connectivity index (χ3v) is 2.52. The minimum Gasteiger partial charge on any atom is -0.325 e. The molecule has 1 N–H and O–H groups in total. The molecule has 17 heavy (non-hydrogen) atoms. The van der Waals surface area contributed by atoms with Crippen molar-refractivity contribution in [3.63, 3.8) is 0 Å². The number of hydrogen-bond donors (Lipinski definition) is 1. The second-order valence-electron chi connectivity index (χ2n) is 3.71. The molecule has 0 fully saturated rings. The van der Waals surface area contributed by atoms with Gasteiger partial charge in [0.1, 0.15) is 5.82 Å². The largest absolute Gasteiger partial charge is 0.325 e. The number of rotatable bonds is 2. The van der Waals surface area contributed by atoms with Crippen LogP contribution in [0.4, 0.5) is 16.0 Å². The molecule has 0 saturated carbocycles. The molecule has 3 nitrogen and oxygen atoms in total. The predicted octanol–water partition coefficient (Wildman–Crippen LogP) is 3.22. The van der Waals surface area contributed by atoms with Gasteiger partial charge in [0, 0.05) is 11.9 Å². The second kappa shape index (κ2) is 3.90. The zero-order valence-corrected chi connectivity index (χ0v) is 8.97. The van der Waals surface area contributed by atoms with Crippen molar-refractivity contribution in [2.75, 3.05) is 5.32 Å². The van der Waals surface area contributed by atoms with Crippen molar-refractivity contribution in [3.05, 3.63) is 60.7 Å². The summed E-state index contributed by atoms with van der Waals surface area (Å²) in [5.74, 6) is 0.405. The minimum atomic E-state index is -0.268. The Labute approximate surface area is 97.5 Å². The van der Waals surface area contributed by atoms with Crippen LogP contribution in [0, 0.1) is 5.82 Å². The van der Waals surface area contributed by atoms with Crippen molar-refractivity contribution >= 4 is 17.2 Å². The summed E-state index contributed by atoms with van der Waals surface area (Å²) in [6.07, 6.45) is 3.67. The van der Waals surface area contributed by atoms with Crippen molar-refractivity contribution in [1.29, 1.82) is 0 Å². The predicted molar refractivity (Wildman–Crippen MR) is 64.9 cm³/mol. The molecule has 0 unspecified atom stereocenters. The van der Waals surface area contributed by atoms with Gasteiger partial charge in [0.05, 0.1) is 11.7 Å². The lowest BCUT2D eigenvalue weighted by molar-refractivity contribution is 0.628. The van der Waals surface area contributed by atoms with Crippen LogP contribution in [0.15, 0.2) is 54.9 Å². The first kappa shape index (κ1) is 9.84. The van der Waals surface area contributed by atoms with Gasteiger partial charge in [-0.3, -0.25) is 4.40 Å². The first-order valence-electron chi connectivity index (χ1n) is 5.27. The molecule has 0 saturated heterocycles. The Bertz CT molecular complexity index is 660. The van der Waals surface area contributed by atoms with Crippen LogP contribution in [-0.2, 0) is 0 Å². The van der Waals surface area contributed by atoms with Gasteiger partial charge in [0.25, 0.3) is 0 Å². The van der Waals surface area contributed by atoms with Crippen LogP contribution in [0.1, 0.15) is 0 Å². The van der Waals surface area contributed by atoms with Gasteiger partial charge >= 0.3 is 0 Å². The monoisotopic (exact) mass is 227 g/mol. The molecular formula is C13H10FN3. The Morgan fingerprint density at radius 2 is 2.06 bits per heavy atom. The van der Waals surface area contributed by atoms with Gasteiger partial charge in [-0.2, -0.15) is 0 Å². The molecule has 84 valence electrons. The van der Waals surface area contributed by atoms with Gasteiger partial charge in [-0.15, -0.1) is 0 Å². The highest BCUT2D eigenvalue weighted by molar-refractivity contribution is 5.59. The van der Waals surface area contributed by atoms with E-state index < -0.39 is 0 Å². The molecule has 0 aliphatic heterocycles. The number of pyridine rings is 1. The Morgan fingerprint density at radius 3 is 2.94 bits per heavy atom. The summed E-state index contributed by atoms with van der Waals surface area (Å²) in [6, 6.07) is 12.1. The fourth-order valence-corrected chi connectivity index (χ4v) is 1.73. The summed E-state index contributed by atoms with van der Waals surface area (Å²) >= 11 is 0. The third kappa shape index (κ3) is 1.85. The number of aromatic nitrogens is 2. The summed E-state index contributed by atoms with van der Waals surface area (Å²) in [5, 5.41) is 3.08. The molecule has 0 aliphatic carbocycles. The van der Waals surface area contributed by atoms with Crippen LogP contribution < -0.4 is 5.32 Å². The molecule has 2 heterocycles. The van der Waals surface area contributed by atoms with Crippen LogP contribution in [-0.4, -0.2) is 9.38 Å². The van der Waals surface area contributed by atoms with E-state index in [1.807, 2.05) is 28.8 Å². The zero-order chi connectivity index (χ0) is 11.7. The summed E-state index contributed by atoms with van der Waals surface area (Å²) in [7, 11) is 0. The van der Waals surface area contributed by atoms with Crippen molar-refractivity contribution in [1.82, 2.24) is 9.38 Å². The van der Waals surface area contributed by atoms with E-state index in [-0.39, 0.29) is 5.82 Å². The number of halogens is 1. The summed E-state index contributed by atoms with van der Waals surface area (Å²) in [4.78, 5) is 4.25. The van der Waals surface area contributed by atoms with Crippen LogP contribution >= 0.6 is 0 Å².